The molecule has 0 radical (unpaired) electrons. The number of thioether (sulfide) groups is 1. The second-order valence-corrected chi connectivity index (χ2v) is 6.59. The molecule has 2 heterocycles. The van der Waals surface area contributed by atoms with Crippen molar-refractivity contribution in [2.24, 2.45) is 0 Å². The fourth-order valence-corrected chi connectivity index (χ4v) is 3.46. The van der Waals surface area contributed by atoms with Gasteiger partial charge in [-0.1, -0.05) is 42.1 Å². The Kier molecular flexibility index (Phi) is 4.89. The van der Waals surface area contributed by atoms with Gasteiger partial charge in [0.25, 0.3) is 5.91 Å². The first kappa shape index (κ1) is 15.5. The topological polar surface area (TPSA) is 72.2 Å². The molecule has 7 heteroatoms. The third-order valence-corrected chi connectivity index (χ3v) is 4.90. The summed E-state index contributed by atoms with van der Waals surface area (Å²) in [5.41, 5.74) is 1.92. The van der Waals surface area contributed by atoms with E-state index in [1.807, 2.05) is 35.7 Å². The van der Waals surface area contributed by atoms with E-state index in [1.165, 1.54) is 35.4 Å². The number of amides is 2. The standard InChI is InChI=1S/C16H12N2O3S2/c19-14(18-15(20)13-7-4-8-21-13)10-23-16-17-12(9-22-16)11-5-2-1-3-6-11/h1-9H,10H2,(H,18,19,20). The fourth-order valence-electron chi connectivity index (χ4n) is 1.82. The first-order valence-corrected chi connectivity index (χ1v) is 8.60. The zero-order chi connectivity index (χ0) is 16.1. The van der Waals surface area contributed by atoms with Crippen LogP contribution in [0.2, 0.25) is 0 Å². The lowest BCUT2D eigenvalue weighted by molar-refractivity contribution is -0.117. The van der Waals surface area contributed by atoms with Gasteiger partial charge < -0.3 is 4.42 Å². The van der Waals surface area contributed by atoms with Gasteiger partial charge in [0.1, 0.15) is 0 Å². The maximum absolute atomic E-state index is 11.8. The molecule has 116 valence electrons. The van der Waals surface area contributed by atoms with Crippen molar-refractivity contribution in [3.8, 4) is 11.3 Å². The largest absolute Gasteiger partial charge is 0.459 e. The molecule has 1 N–H and O–H groups in total. The van der Waals surface area contributed by atoms with E-state index in [1.54, 1.807) is 6.07 Å². The lowest BCUT2D eigenvalue weighted by atomic mass is 10.2. The van der Waals surface area contributed by atoms with Crippen LogP contribution in [0.3, 0.4) is 0 Å². The highest BCUT2D eigenvalue weighted by molar-refractivity contribution is 8.01. The van der Waals surface area contributed by atoms with Crippen molar-refractivity contribution in [1.29, 1.82) is 0 Å². The van der Waals surface area contributed by atoms with E-state index in [-0.39, 0.29) is 17.4 Å². The molecule has 0 aliphatic rings. The summed E-state index contributed by atoms with van der Waals surface area (Å²) in [6.07, 6.45) is 1.38. The molecule has 0 saturated carbocycles. The lowest BCUT2D eigenvalue weighted by Gasteiger charge is -2.00. The van der Waals surface area contributed by atoms with Gasteiger partial charge in [0, 0.05) is 10.9 Å². The highest BCUT2D eigenvalue weighted by Gasteiger charge is 2.13. The minimum atomic E-state index is -0.537. The van der Waals surface area contributed by atoms with Gasteiger partial charge in [0.05, 0.1) is 17.7 Å². The van der Waals surface area contributed by atoms with Gasteiger partial charge in [-0.05, 0) is 12.1 Å². The van der Waals surface area contributed by atoms with E-state index in [9.17, 15) is 9.59 Å². The van der Waals surface area contributed by atoms with Crippen molar-refractivity contribution in [1.82, 2.24) is 10.3 Å². The fraction of sp³-hybridized carbons (Fsp3) is 0.0625. The second kappa shape index (κ2) is 7.26. The van der Waals surface area contributed by atoms with Crippen molar-refractivity contribution >= 4 is 34.9 Å². The molecule has 0 fully saturated rings. The molecule has 0 spiro atoms. The Bertz CT molecular complexity index is 798. The van der Waals surface area contributed by atoms with Crippen LogP contribution < -0.4 is 5.32 Å². The summed E-state index contributed by atoms with van der Waals surface area (Å²) in [6, 6.07) is 12.9. The number of furan rings is 1. The number of hydrogen-bond donors (Lipinski definition) is 1. The average molecular weight is 344 g/mol. The minimum Gasteiger partial charge on any atom is -0.459 e. The van der Waals surface area contributed by atoms with Gasteiger partial charge in [-0.2, -0.15) is 0 Å². The highest BCUT2D eigenvalue weighted by Crippen LogP contribution is 2.27. The molecule has 0 saturated heterocycles. The van der Waals surface area contributed by atoms with Gasteiger partial charge in [-0.15, -0.1) is 11.3 Å². The van der Waals surface area contributed by atoms with Crippen LogP contribution in [0, 0.1) is 0 Å². The van der Waals surface area contributed by atoms with Crippen LogP contribution in [-0.4, -0.2) is 22.6 Å². The van der Waals surface area contributed by atoms with Gasteiger partial charge in [0.15, 0.2) is 10.1 Å². The predicted octanol–water partition coefficient (Wildman–Crippen LogP) is 3.45. The van der Waals surface area contributed by atoms with E-state index in [2.05, 4.69) is 10.3 Å². The summed E-state index contributed by atoms with van der Waals surface area (Å²) in [4.78, 5) is 27.9. The van der Waals surface area contributed by atoms with E-state index < -0.39 is 5.91 Å². The van der Waals surface area contributed by atoms with E-state index in [0.717, 1.165) is 15.6 Å². The summed E-state index contributed by atoms with van der Waals surface area (Å²) >= 11 is 2.77. The number of rotatable bonds is 5. The third kappa shape index (κ3) is 4.08. The zero-order valence-corrected chi connectivity index (χ0v) is 13.5. The number of imide groups is 1. The third-order valence-electron chi connectivity index (χ3n) is 2.88. The van der Waals surface area contributed by atoms with Gasteiger partial charge >= 0.3 is 0 Å². The molecule has 23 heavy (non-hydrogen) atoms. The molecule has 2 amide bonds. The number of carbonyl (C=O) groups excluding carboxylic acids is 2. The number of hydrogen-bond acceptors (Lipinski definition) is 6. The molecule has 0 unspecified atom stereocenters. The summed E-state index contributed by atoms with van der Waals surface area (Å²) in [5.74, 6) is -0.685. The van der Waals surface area contributed by atoms with E-state index in [0.29, 0.717) is 0 Å². The van der Waals surface area contributed by atoms with Crippen LogP contribution in [0.4, 0.5) is 0 Å². The normalized spacial score (nSPS) is 10.4. The summed E-state index contributed by atoms with van der Waals surface area (Å²) in [5, 5.41) is 4.22. The smallest absolute Gasteiger partial charge is 0.293 e. The van der Waals surface area contributed by atoms with E-state index >= 15 is 0 Å². The zero-order valence-electron chi connectivity index (χ0n) is 11.9. The van der Waals surface area contributed by atoms with Crippen molar-refractivity contribution in [2.45, 2.75) is 4.34 Å². The Balaban J connectivity index is 1.53. The summed E-state index contributed by atoms with van der Waals surface area (Å²) < 4.78 is 5.71. The molecule has 5 nitrogen and oxygen atoms in total. The number of nitrogens with zero attached hydrogens (tertiary/aromatic N) is 1. The molecule has 0 bridgehead atoms. The SMILES string of the molecule is O=C(CSc1nc(-c2ccccc2)cs1)NC(=O)c1ccco1. The molecule has 0 aliphatic heterocycles. The molecule has 0 aliphatic carbocycles. The average Bonchev–Trinajstić information content (AvgIpc) is 3.25. The number of carbonyl (C=O) groups is 2. The monoisotopic (exact) mass is 344 g/mol. The number of nitrogens with one attached hydrogen (secondary N) is 1. The second-order valence-electron chi connectivity index (χ2n) is 4.51. The maximum Gasteiger partial charge on any atom is 0.293 e. The quantitative estimate of drug-likeness (QED) is 0.718. The van der Waals surface area contributed by atoms with Crippen molar-refractivity contribution in [3.63, 3.8) is 0 Å². The van der Waals surface area contributed by atoms with Gasteiger partial charge in [0.2, 0.25) is 5.91 Å². The van der Waals surface area contributed by atoms with Crippen molar-refractivity contribution in [2.75, 3.05) is 5.75 Å². The van der Waals surface area contributed by atoms with Crippen LogP contribution in [0.25, 0.3) is 11.3 Å². The lowest BCUT2D eigenvalue weighted by Crippen LogP contribution is -2.31. The first-order valence-electron chi connectivity index (χ1n) is 6.74. The Morgan fingerprint density at radius 2 is 2.00 bits per heavy atom. The number of thiazole rings is 1. The summed E-state index contributed by atoms with van der Waals surface area (Å²) in [6.45, 7) is 0. The maximum atomic E-state index is 11.8. The predicted molar refractivity (Wildman–Crippen MR) is 89.5 cm³/mol. The number of benzene rings is 1. The van der Waals surface area contributed by atoms with Crippen LogP contribution in [0.5, 0.6) is 0 Å². The minimum absolute atomic E-state index is 0.115. The molecular weight excluding hydrogens is 332 g/mol. The van der Waals surface area contributed by atoms with Gasteiger partial charge in [-0.3, -0.25) is 14.9 Å². The Morgan fingerprint density at radius 3 is 2.74 bits per heavy atom. The van der Waals surface area contributed by atoms with E-state index in [4.69, 9.17) is 4.42 Å². The molecule has 0 atom stereocenters. The van der Waals surface area contributed by atoms with Crippen molar-refractivity contribution < 1.29 is 14.0 Å². The van der Waals surface area contributed by atoms with Crippen molar-refractivity contribution in [3.05, 3.63) is 59.9 Å². The van der Waals surface area contributed by atoms with Crippen LogP contribution in [0.1, 0.15) is 10.6 Å². The van der Waals surface area contributed by atoms with Gasteiger partial charge in [-0.25, -0.2) is 4.98 Å². The Hall–Kier alpha value is -2.38. The van der Waals surface area contributed by atoms with Crippen LogP contribution in [0.15, 0.2) is 62.9 Å². The number of aromatic nitrogens is 1. The summed E-state index contributed by atoms with van der Waals surface area (Å²) in [7, 11) is 0. The molecule has 1 aromatic carbocycles. The molecule has 3 rings (SSSR count). The van der Waals surface area contributed by atoms with Crippen LogP contribution in [-0.2, 0) is 4.79 Å². The molecular formula is C16H12N2O3S2. The highest BCUT2D eigenvalue weighted by atomic mass is 32.2. The first-order chi connectivity index (χ1) is 11.2. The van der Waals surface area contributed by atoms with Crippen LogP contribution >= 0.6 is 23.1 Å². The molecule has 2 aromatic heterocycles. The molecule has 3 aromatic rings. The Labute approximate surface area is 140 Å². The Morgan fingerprint density at radius 1 is 1.17 bits per heavy atom.